The van der Waals surface area contributed by atoms with Gasteiger partial charge in [-0.05, 0) is 6.07 Å². The van der Waals surface area contributed by atoms with E-state index in [1.807, 2.05) is 0 Å². The highest BCUT2D eigenvalue weighted by molar-refractivity contribution is 6.31. The van der Waals surface area contributed by atoms with Crippen LogP contribution < -0.4 is 5.73 Å². The highest BCUT2D eigenvalue weighted by Crippen LogP contribution is 2.27. The van der Waals surface area contributed by atoms with E-state index in [0.29, 0.717) is 16.1 Å². The molecule has 1 aromatic carbocycles. The second-order valence-electron chi connectivity index (χ2n) is 2.44. The zero-order chi connectivity index (χ0) is 8.72. The number of anilines is 1. The molecule has 0 spiro atoms. The standard InChI is InChI=1S/C7H6ClN3O/c8-3-1-4-6(5(12)2-3)11-7(9)10-4/h1-2,12H,(H3,9,10,11). The number of nitrogens with two attached hydrogens (primary N) is 1. The molecule has 0 amide bonds. The van der Waals surface area contributed by atoms with Crippen LogP contribution in [-0.2, 0) is 0 Å². The van der Waals surface area contributed by atoms with Gasteiger partial charge >= 0.3 is 0 Å². The first kappa shape index (κ1) is 7.24. The number of phenols is 1. The molecule has 12 heavy (non-hydrogen) atoms. The molecule has 4 N–H and O–H groups in total. The highest BCUT2D eigenvalue weighted by atomic mass is 35.5. The Morgan fingerprint density at radius 3 is 3.00 bits per heavy atom. The maximum Gasteiger partial charge on any atom is 0.198 e. The van der Waals surface area contributed by atoms with Crippen molar-refractivity contribution in [1.82, 2.24) is 9.97 Å². The summed E-state index contributed by atoms with van der Waals surface area (Å²) < 4.78 is 0. The van der Waals surface area contributed by atoms with E-state index in [1.165, 1.54) is 6.07 Å². The zero-order valence-corrected chi connectivity index (χ0v) is 6.76. The largest absolute Gasteiger partial charge is 0.506 e. The number of nitrogens with one attached hydrogen (secondary N) is 1. The molecule has 2 aromatic rings. The Morgan fingerprint density at radius 2 is 2.25 bits per heavy atom. The summed E-state index contributed by atoms with van der Waals surface area (Å²) in [5.74, 6) is 0.299. The summed E-state index contributed by atoms with van der Waals surface area (Å²) >= 11 is 5.68. The third kappa shape index (κ3) is 0.967. The van der Waals surface area contributed by atoms with Gasteiger partial charge in [-0.15, -0.1) is 0 Å². The molecule has 1 aromatic heterocycles. The van der Waals surface area contributed by atoms with Gasteiger partial charge in [0.15, 0.2) is 5.95 Å². The smallest absolute Gasteiger partial charge is 0.198 e. The van der Waals surface area contributed by atoms with Crippen molar-refractivity contribution in [2.75, 3.05) is 5.73 Å². The van der Waals surface area contributed by atoms with Gasteiger partial charge in [-0.3, -0.25) is 0 Å². The number of halogens is 1. The van der Waals surface area contributed by atoms with E-state index in [0.717, 1.165) is 0 Å². The Morgan fingerprint density at radius 1 is 1.50 bits per heavy atom. The first-order chi connectivity index (χ1) is 5.66. The molecule has 0 atom stereocenters. The van der Waals surface area contributed by atoms with Crippen LogP contribution in [0.3, 0.4) is 0 Å². The first-order valence-electron chi connectivity index (χ1n) is 3.30. The number of imidazole rings is 1. The SMILES string of the molecule is Nc1nc2c(O)cc(Cl)cc2[nH]1. The molecule has 62 valence electrons. The number of hydrogen-bond donors (Lipinski definition) is 3. The fraction of sp³-hybridized carbons (Fsp3) is 0. The number of aromatic hydroxyl groups is 1. The average Bonchev–Trinajstić information content (AvgIpc) is 2.29. The van der Waals surface area contributed by atoms with Gasteiger partial charge in [-0.2, -0.15) is 0 Å². The van der Waals surface area contributed by atoms with Crippen molar-refractivity contribution in [2.24, 2.45) is 0 Å². The van der Waals surface area contributed by atoms with E-state index in [4.69, 9.17) is 17.3 Å². The van der Waals surface area contributed by atoms with Gasteiger partial charge in [0.2, 0.25) is 0 Å². The summed E-state index contributed by atoms with van der Waals surface area (Å²) in [5, 5.41) is 9.79. The summed E-state index contributed by atoms with van der Waals surface area (Å²) in [6.45, 7) is 0. The fourth-order valence-corrected chi connectivity index (χ4v) is 1.30. The van der Waals surface area contributed by atoms with E-state index in [9.17, 15) is 5.11 Å². The monoisotopic (exact) mass is 183 g/mol. The number of aromatic amines is 1. The van der Waals surface area contributed by atoms with Crippen LogP contribution in [-0.4, -0.2) is 15.1 Å². The lowest BCUT2D eigenvalue weighted by Gasteiger charge is -1.93. The molecule has 5 heteroatoms. The van der Waals surface area contributed by atoms with Crippen molar-refractivity contribution in [2.45, 2.75) is 0 Å². The van der Waals surface area contributed by atoms with Gasteiger partial charge in [0.05, 0.1) is 5.52 Å². The predicted molar refractivity (Wildman–Crippen MR) is 47.2 cm³/mol. The van der Waals surface area contributed by atoms with Crippen LogP contribution in [0.25, 0.3) is 11.0 Å². The number of benzene rings is 1. The molecule has 1 heterocycles. The Balaban J connectivity index is 2.88. The quantitative estimate of drug-likeness (QED) is 0.580. The zero-order valence-electron chi connectivity index (χ0n) is 6.00. The molecule has 0 bridgehead atoms. The average molecular weight is 184 g/mol. The van der Waals surface area contributed by atoms with Crippen LogP contribution in [0.4, 0.5) is 5.95 Å². The molecule has 4 nitrogen and oxygen atoms in total. The van der Waals surface area contributed by atoms with E-state index < -0.39 is 0 Å². The van der Waals surface area contributed by atoms with E-state index in [2.05, 4.69) is 9.97 Å². The maximum absolute atomic E-state index is 9.34. The molecule has 0 saturated carbocycles. The van der Waals surface area contributed by atoms with Gasteiger partial charge < -0.3 is 15.8 Å². The molecule has 0 aliphatic heterocycles. The van der Waals surface area contributed by atoms with E-state index >= 15 is 0 Å². The van der Waals surface area contributed by atoms with Crippen LogP contribution in [0.1, 0.15) is 0 Å². The van der Waals surface area contributed by atoms with Gasteiger partial charge in [0.25, 0.3) is 0 Å². The normalized spacial score (nSPS) is 10.8. The summed E-state index contributed by atoms with van der Waals surface area (Å²) in [7, 11) is 0. The van der Waals surface area contributed by atoms with Crippen molar-refractivity contribution in [1.29, 1.82) is 0 Å². The van der Waals surface area contributed by atoms with Crippen molar-refractivity contribution < 1.29 is 5.11 Å². The molecular weight excluding hydrogens is 178 g/mol. The van der Waals surface area contributed by atoms with Crippen LogP contribution in [0.15, 0.2) is 12.1 Å². The molecule has 0 fully saturated rings. The predicted octanol–water partition coefficient (Wildman–Crippen LogP) is 1.50. The molecular formula is C7H6ClN3O. The Labute approximate surface area is 73.0 Å². The molecule has 2 rings (SSSR count). The lowest BCUT2D eigenvalue weighted by molar-refractivity contribution is 0.480. The summed E-state index contributed by atoms with van der Waals surface area (Å²) in [6, 6.07) is 3.07. The third-order valence-electron chi connectivity index (χ3n) is 1.55. The van der Waals surface area contributed by atoms with Gasteiger partial charge in [0.1, 0.15) is 11.3 Å². The minimum atomic E-state index is 0.0328. The van der Waals surface area contributed by atoms with Crippen LogP contribution in [0.5, 0.6) is 5.75 Å². The van der Waals surface area contributed by atoms with Crippen molar-refractivity contribution in [3.8, 4) is 5.75 Å². The Hall–Kier alpha value is -1.42. The topological polar surface area (TPSA) is 74.9 Å². The number of nitrogens with zero attached hydrogens (tertiary/aromatic N) is 1. The molecule has 0 aliphatic carbocycles. The molecule has 0 aliphatic rings. The Bertz CT molecular complexity index is 437. The second kappa shape index (κ2) is 2.28. The van der Waals surface area contributed by atoms with Crippen molar-refractivity contribution in [3.05, 3.63) is 17.2 Å². The summed E-state index contributed by atoms with van der Waals surface area (Å²) in [4.78, 5) is 6.63. The summed E-state index contributed by atoms with van der Waals surface area (Å²) in [6.07, 6.45) is 0. The van der Waals surface area contributed by atoms with Gasteiger partial charge in [-0.1, -0.05) is 11.6 Å². The maximum atomic E-state index is 9.34. The van der Waals surface area contributed by atoms with Gasteiger partial charge in [-0.25, -0.2) is 4.98 Å². The lowest BCUT2D eigenvalue weighted by Crippen LogP contribution is -1.84. The number of hydrogen-bond acceptors (Lipinski definition) is 3. The van der Waals surface area contributed by atoms with Crippen LogP contribution in [0, 0.1) is 0 Å². The van der Waals surface area contributed by atoms with Gasteiger partial charge in [0, 0.05) is 11.1 Å². The number of rotatable bonds is 0. The lowest BCUT2D eigenvalue weighted by atomic mass is 10.3. The van der Waals surface area contributed by atoms with Crippen molar-refractivity contribution >= 4 is 28.6 Å². The number of fused-ring (bicyclic) bond motifs is 1. The van der Waals surface area contributed by atoms with Crippen LogP contribution >= 0.6 is 11.6 Å². The number of aromatic nitrogens is 2. The molecule has 0 unspecified atom stereocenters. The van der Waals surface area contributed by atoms with E-state index in [-0.39, 0.29) is 11.7 Å². The number of phenolic OH excluding ortho intramolecular Hbond substituents is 1. The number of H-pyrrole nitrogens is 1. The first-order valence-corrected chi connectivity index (χ1v) is 3.68. The third-order valence-corrected chi connectivity index (χ3v) is 1.77. The minimum absolute atomic E-state index is 0.0328. The fourth-order valence-electron chi connectivity index (χ4n) is 1.08. The molecule has 0 saturated heterocycles. The van der Waals surface area contributed by atoms with Crippen LogP contribution in [0.2, 0.25) is 5.02 Å². The second-order valence-corrected chi connectivity index (χ2v) is 2.88. The highest BCUT2D eigenvalue weighted by Gasteiger charge is 2.05. The summed E-state index contributed by atoms with van der Waals surface area (Å²) in [5.41, 5.74) is 6.47. The number of nitrogen functional groups attached to an aromatic ring is 1. The molecule has 0 radical (unpaired) electrons. The minimum Gasteiger partial charge on any atom is -0.506 e. The van der Waals surface area contributed by atoms with E-state index in [1.54, 1.807) is 6.07 Å². The van der Waals surface area contributed by atoms with Crippen molar-refractivity contribution in [3.63, 3.8) is 0 Å². The Kier molecular flexibility index (Phi) is 1.38.